The first-order valence-corrected chi connectivity index (χ1v) is 13.1. The van der Waals surface area contributed by atoms with E-state index in [1.54, 1.807) is 28.6 Å². The fourth-order valence-corrected chi connectivity index (χ4v) is 5.90. The van der Waals surface area contributed by atoms with Crippen molar-refractivity contribution in [3.8, 4) is 11.5 Å². The van der Waals surface area contributed by atoms with E-state index in [1.807, 2.05) is 26.0 Å². The van der Waals surface area contributed by atoms with Crippen molar-refractivity contribution in [2.45, 2.75) is 63.5 Å². The number of rotatable bonds is 8. The topological polar surface area (TPSA) is 84.9 Å². The van der Waals surface area contributed by atoms with E-state index in [1.165, 1.54) is 0 Å². The van der Waals surface area contributed by atoms with Crippen molar-refractivity contribution in [1.82, 2.24) is 9.62 Å². The standard InChI is InChI=1S/C25H32N2O5S/c1-3-31-23-15-20-13-18(2)32-24(20)16-21(23)17-26-25(28)14-19-7-9-22(10-8-19)33(29,30)27-11-5-4-6-12-27/h7-10,15-16,18H,3-6,11-14,17H2,1-2H3,(H,26,28)/t18-/m0/s1. The second-order valence-corrected chi connectivity index (χ2v) is 10.6. The normalized spacial score (nSPS) is 18.4. The van der Waals surface area contributed by atoms with Crippen LogP contribution in [0.15, 0.2) is 41.3 Å². The molecule has 2 aliphatic rings. The van der Waals surface area contributed by atoms with E-state index in [2.05, 4.69) is 5.32 Å². The van der Waals surface area contributed by atoms with Gasteiger partial charge < -0.3 is 14.8 Å². The molecule has 0 bridgehead atoms. The zero-order valence-corrected chi connectivity index (χ0v) is 20.1. The van der Waals surface area contributed by atoms with Crippen molar-refractivity contribution in [2.75, 3.05) is 19.7 Å². The van der Waals surface area contributed by atoms with Crippen LogP contribution in [-0.2, 0) is 34.2 Å². The van der Waals surface area contributed by atoms with E-state index in [4.69, 9.17) is 9.47 Å². The molecule has 7 nitrogen and oxygen atoms in total. The zero-order valence-electron chi connectivity index (χ0n) is 19.3. The number of sulfonamides is 1. The molecular formula is C25H32N2O5S. The summed E-state index contributed by atoms with van der Waals surface area (Å²) < 4.78 is 38.8. The first-order chi connectivity index (χ1) is 15.9. The Morgan fingerprint density at radius 1 is 1.15 bits per heavy atom. The van der Waals surface area contributed by atoms with E-state index >= 15 is 0 Å². The summed E-state index contributed by atoms with van der Waals surface area (Å²) in [7, 11) is -3.47. The lowest BCUT2D eigenvalue weighted by Crippen LogP contribution is -2.35. The summed E-state index contributed by atoms with van der Waals surface area (Å²) in [4.78, 5) is 12.8. The Bertz CT molecular complexity index is 1090. The average molecular weight is 473 g/mol. The third kappa shape index (κ3) is 5.50. The van der Waals surface area contributed by atoms with Crippen LogP contribution >= 0.6 is 0 Å². The van der Waals surface area contributed by atoms with Crippen molar-refractivity contribution >= 4 is 15.9 Å². The van der Waals surface area contributed by atoms with Gasteiger partial charge in [0.05, 0.1) is 17.9 Å². The molecule has 1 amide bonds. The molecule has 33 heavy (non-hydrogen) atoms. The lowest BCUT2D eigenvalue weighted by Gasteiger charge is -2.25. The first kappa shape index (κ1) is 23.6. The van der Waals surface area contributed by atoms with Gasteiger partial charge in [-0.2, -0.15) is 4.31 Å². The molecule has 4 rings (SSSR count). The van der Waals surface area contributed by atoms with Crippen LogP contribution in [0.3, 0.4) is 0 Å². The van der Waals surface area contributed by atoms with Crippen molar-refractivity contribution in [2.24, 2.45) is 0 Å². The fourth-order valence-electron chi connectivity index (χ4n) is 4.38. The molecule has 2 aromatic rings. The number of nitrogens with one attached hydrogen (secondary N) is 1. The van der Waals surface area contributed by atoms with Crippen molar-refractivity contribution < 1.29 is 22.7 Å². The Balaban J connectivity index is 1.37. The lowest BCUT2D eigenvalue weighted by atomic mass is 10.1. The molecule has 2 aromatic carbocycles. The minimum Gasteiger partial charge on any atom is -0.494 e. The molecule has 0 aromatic heterocycles. The van der Waals surface area contributed by atoms with Crippen LogP contribution in [0.25, 0.3) is 0 Å². The van der Waals surface area contributed by atoms with Crippen LogP contribution in [0.5, 0.6) is 11.5 Å². The van der Waals surface area contributed by atoms with Gasteiger partial charge in [0.1, 0.15) is 17.6 Å². The zero-order chi connectivity index (χ0) is 23.4. The molecule has 0 unspecified atom stereocenters. The largest absolute Gasteiger partial charge is 0.494 e. The van der Waals surface area contributed by atoms with Crippen LogP contribution < -0.4 is 14.8 Å². The van der Waals surface area contributed by atoms with Crippen molar-refractivity contribution in [3.05, 3.63) is 53.1 Å². The fraction of sp³-hybridized carbons (Fsp3) is 0.480. The molecule has 1 atom stereocenters. The van der Waals surface area contributed by atoms with E-state index in [0.29, 0.717) is 26.2 Å². The summed E-state index contributed by atoms with van der Waals surface area (Å²) in [6.45, 7) is 5.99. The second-order valence-electron chi connectivity index (χ2n) is 8.70. The molecule has 0 radical (unpaired) electrons. The molecule has 1 saturated heterocycles. The Kier molecular flexibility index (Phi) is 7.24. The molecular weight excluding hydrogens is 440 g/mol. The molecule has 2 aliphatic heterocycles. The number of nitrogens with zero attached hydrogens (tertiary/aromatic N) is 1. The first-order valence-electron chi connectivity index (χ1n) is 11.7. The highest BCUT2D eigenvalue weighted by Crippen LogP contribution is 2.35. The maximum Gasteiger partial charge on any atom is 0.243 e. The van der Waals surface area contributed by atoms with E-state index in [0.717, 1.165) is 53.9 Å². The van der Waals surface area contributed by atoms with Crippen LogP contribution in [0, 0.1) is 0 Å². The number of ether oxygens (including phenoxy) is 2. The van der Waals surface area contributed by atoms with E-state index in [-0.39, 0.29) is 23.3 Å². The Morgan fingerprint density at radius 2 is 1.88 bits per heavy atom. The molecule has 1 fully saturated rings. The average Bonchev–Trinajstić information content (AvgIpc) is 3.17. The highest BCUT2D eigenvalue weighted by Gasteiger charge is 2.26. The van der Waals surface area contributed by atoms with Crippen molar-refractivity contribution in [3.63, 3.8) is 0 Å². The lowest BCUT2D eigenvalue weighted by molar-refractivity contribution is -0.120. The highest BCUT2D eigenvalue weighted by atomic mass is 32.2. The molecule has 0 saturated carbocycles. The molecule has 2 heterocycles. The predicted octanol–water partition coefficient (Wildman–Crippen LogP) is 3.44. The second kappa shape index (κ2) is 10.1. The number of hydrogen-bond donors (Lipinski definition) is 1. The summed E-state index contributed by atoms with van der Waals surface area (Å²) in [6, 6.07) is 10.6. The molecule has 1 N–H and O–H groups in total. The Morgan fingerprint density at radius 3 is 2.58 bits per heavy atom. The van der Waals surface area contributed by atoms with Crippen LogP contribution in [0.4, 0.5) is 0 Å². The summed E-state index contributed by atoms with van der Waals surface area (Å²) in [6.07, 6.45) is 4.04. The van der Waals surface area contributed by atoms with Crippen LogP contribution in [0.2, 0.25) is 0 Å². The van der Waals surface area contributed by atoms with Crippen LogP contribution in [0.1, 0.15) is 49.8 Å². The summed E-state index contributed by atoms with van der Waals surface area (Å²) >= 11 is 0. The quantitative estimate of drug-likeness (QED) is 0.636. The smallest absolute Gasteiger partial charge is 0.243 e. The maximum atomic E-state index is 12.8. The van der Waals surface area contributed by atoms with Gasteiger partial charge in [0.25, 0.3) is 0 Å². The third-order valence-electron chi connectivity index (χ3n) is 6.10. The third-order valence-corrected chi connectivity index (χ3v) is 8.01. The molecule has 0 spiro atoms. The van der Waals surface area contributed by atoms with Gasteiger partial charge in [-0.1, -0.05) is 18.6 Å². The molecule has 0 aliphatic carbocycles. The number of hydrogen-bond acceptors (Lipinski definition) is 5. The van der Waals surface area contributed by atoms with Gasteiger partial charge in [0, 0.05) is 37.2 Å². The molecule has 178 valence electrons. The number of amides is 1. The number of carbonyl (C=O) groups excluding carboxylic acids is 1. The minimum atomic E-state index is -3.47. The van der Waals surface area contributed by atoms with Gasteiger partial charge in [-0.3, -0.25) is 4.79 Å². The monoisotopic (exact) mass is 472 g/mol. The maximum absolute atomic E-state index is 12.8. The van der Waals surface area contributed by atoms with Gasteiger partial charge in [0.15, 0.2) is 0 Å². The minimum absolute atomic E-state index is 0.140. The predicted molar refractivity (Wildman–Crippen MR) is 126 cm³/mol. The summed E-state index contributed by atoms with van der Waals surface area (Å²) in [5.74, 6) is 1.47. The molecule has 8 heteroatoms. The van der Waals surface area contributed by atoms with Gasteiger partial charge >= 0.3 is 0 Å². The van der Waals surface area contributed by atoms with Gasteiger partial charge in [0.2, 0.25) is 15.9 Å². The number of carbonyl (C=O) groups is 1. The number of benzene rings is 2. The highest BCUT2D eigenvalue weighted by molar-refractivity contribution is 7.89. The van der Waals surface area contributed by atoms with Gasteiger partial charge in [-0.15, -0.1) is 0 Å². The van der Waals surface area contributed by atoms with Gasteiger partial charge in [-0.05, 0) is 56.5 Å². The number of piperidine rings is 1. The Labute approximate surface area is 196 Å². The van der Waals surface area contributed by atoms with Gasteiger partial charge in [-0.25, -0.2) is 8.42 Å². The van der Waals surface area contributed by atoms with Crippen molar-refractivity contribution in [1.29, 1.82) is 0 Å². The number of fused-ring (bicyclic) bond motifs is 1. The summed E-state index contributed by atoms with van der Waals surface area (Å²) in [5.41, 5.74) is 2.77. The summed E-state index contributed by atoms with van der Waals surface area (Å²) in [5, 5.41) is 2.94. The SMILES string of the molecule is CCOc1cc2c(cc1CNC(=O)Cc1ccc(S(=O)(=O)N3CCCCC3)cc1)O[C@@H](C)C2. The van der Waals surface area contributed by atoms with E-state index < -0.39 is 10.0 Å². The van der Waals surface area contributed by atoms with E-state index in [9.17, 15) is 13.2 Å². The van der Waals surface area contributed by atoms with Crippen LogP contribution in [-0.4, -0.2) is 44.4 Å². The Hall–Kier alpha value is -2.58.